The summed E-state index contributed by atoms with van der Waals surface area (Å²) < 4.78 is 1.62. The molecule has 3 rings (SSSR count). The van der Waals surface area contributed by atoms with Gasteiger partial charge in [0.1, 0.15) is 0 Å². The normalized spacial score (nSPS) is 11.5. The molecule has 0 saturated heterocycles. The van der Waals surface area contributed by atoms with E-state index in [0.717, 1.165) is 16.5 Å². The van der Waals surface area contributed by atoms with Gasteiger partial charge in [-0.2, -0.15) is 0 Å². The highest BCUT2D eigenvalue weighted by Gasteiger charge is 2.27. The Morgan fingerprint density at radius 3 is 2.78 bits per heavy atom. The van der Waals surface area contributed by atoms with E-state index in [1.54, 1.807) is 37.8 Å². The SMILES string of the molecule is Cc1c(C(=O)NCCC(C)(C)C(=O)O)nnn1-c1cccc2cnccc12. The minimum absolute atomic E-state index is 0.217. The fraction of sp³-hybridized carbons (Fsp3) is 0.316. The van der Waals surface area contributed by atoms with Crippen LogP contribution in [0.3, 0.4) is 0 Å². The third-order valence-corrected chi connectivity index (χ3v) is 4.61. The van der Waals surface area contributed by atoms with Gasteiger partial charge in [-0.05, 0) is 39.3 Å². The quantitative estimate of drug-likeness (QED) is 0.692. The molecule has 1 aromatic carbocycles. The number of aromatic nitrogens is 4. The lowest BCUT2D eigenvalue weighted by molar-refractivity contribution is -0.147. The topological polar surface area (TPSA) is 110 Å². The fourth-order valence-electron chi connectivity index (χ4n) is 2.74. The second-order valence-corrected chi connectivity index (χ2v) is 7.00. The van der Waals surface area contributed by atoms with E-state index >= 15 is 0 Å². The van der Waals surface area contributed by atoms with E-state index in [1.165, 1.54) is 0 Å². The fourth-order valence-corrected chi connectivity index (χ4v) is 2.74. The van der Waals surface area contributed by atoms with E-state index in [-0.39, 0.29) is 18.1 Å². The van der Waals surface area contributed by atoms with Gasteiger partial charge in [0.15, 0.2) is 5.69 Å². The van der Waals surface area contributed by atoms with Crippen LogP contribution in [0.5, 0.6) is 0 Å². The molecule has 0 aliphatic rings. The van der Waals surface area contributed by atoms with Crippen molar-refractivity contribution in [1.82, 2.24) is 25.3 Å². The number of pyridine rings is 1. The molecular formula is C19H21N5O3. The largest absolute Gasteiger partial charge is 0.481 e. The Hall–Kier alpha value is -3.29. The first-order valence-corrected chi connectivity index (χ1v) is 8.58. The molecule has 0 aliphatic carbocycles. The molecule has 8 nitrogen and oxygen atoms in total. The van der Waals surface area contributed by atoms with Crippen molar-refractivity contribution in [2.75, 3.05) is 6.54 Å². The average Bonchev–Trinajstić information content (AvgIpc) is 3.02. The van der Waals surface area contributed by atoms with Gasteiger partial charge in [0.2, 0.25) is 0 Å². The van der Waals surface area contributed by atoms with Gasteiger partial charge in [0.05, 0.1) is 16.8 Å². The Labute approximate surface area is 156 Å². The van der Waals surface area contributed by atoms with Crippen molar-refractivity contribution >= 4 is 22.6 Å². The van der Waals surface area contributed by atoms with Crippen LogP contribution in [0.4, 0.5) is 0 Å². The molecule has 0 bridgehead atoms. The molecule has 27 heavy (non-hydrogen) atoms. The molecule has 0 aliphatic heterocycles. The number of benzene rings is 1. The number of carbonyl (C=O) groups is 2. The van der Waals surface area contributed by atoms with Gasteiger partial charge in [-0.3, -0.25) is 14.6 Å². The van der Waals surface area contributed by atoms with Gasteiger partial charge in [-0.1, -0.05) is 17.3 Å². The highest BCUT2D eigenvalue weighted by Crippen LogP contribution is 2.23. The zero-order valence-corrected chi connectivity index (χ0v) is 15.4. The molecule has 2 N–H and O–H groups in total. The maximum Gasteiger partial charge on any atom is 0.309 e. The second kappa shape index (κ2) is 7.14. The first kappa shape index (κ1) is 18.5. The van der Waals surface area contributed by atoms with Crippen LogP contribution in [-0.2, 0) is 4.79 Å². The van der Waals surface area contributed by atoms with E-state index in [1.807, 2.05) is 24.3 Å². The summed E-state index contributed by atoms with van der Waals surface area (Å²) in [5.74, 6) is -1.27. The standard InChI is InChI=1S/C19H21N5O3/c1-12-16(17(25)21-10-8-19(2,3)18(26)27)22-23-24(12)15-6-4-5-13-11-20-9-7-14(13)15/h4-7,9,11H,8,10H2,1-3H3,(H,21,25)(H,26,27). The summed E-state index contributed by atoms with van der Waals surface area (Å²) in [5.41, 5.74) is 0.728. The molecule has 2 aromatic heterocycles. The third kappa shape index (κ3) is 3.64. The van der Waals surface area contributed by atoms with Crippen molar-refractivity contribution in [1.29, 1.82) is 0 Å². The van der Waals surface area contributed by atoms with E-state index in [9.17, 15) is 9.59 Å². The highest BCUT2D eigenvalue weighted by atomic mass is 16.4. The number of carbonyl (C=O) groups excluding carboxylic acids is 1. The number of amides is 1. The molecule has 0 saturated carbocycles. The maximum atomic E-state index is 12.4. The molecule has 0 spiro atoms. The minimum Gasteiger partial charge on any atom is -0.481 e. The summed E-state index contributed by atoms with van der Waals surface area (Å²) in [7, 11) is 0. The summed E-state index contributed by atoms with van der Waals surface area (Å²) in [6.45, 7) is 5.26. The van der Waals surface area contributed by atoms with Gasteiger partial charge in [-0.15, -0.1) is 5.10 Å². The Bertz CT molecular complexity index is 1000. The lowest BCUT2D eigenvalue weighted by Crippen LogP contribution is -2.32. The third-order valence-electron chi connectivity index (χ3n) is 4.61. The monoisotopic (exact) mass is 367 g/mol. The summed E-state index contributed by atoms with van der Waals surface area (Å²) >= 11 is 0. The van der Waals surface area contributed by atoms with E-state index in [2.05, 4.69) is 20.6 Å². The zero-order valence-electron chi connectivity index (χ0n) is 15.4. The molecule has 0 radical (unpaired) electrons. The van der Waals surface area contributed by atoms with Gasteiger partial charge < -0.3 is 10.4 Å². The van der Waals surface area contributed by atoms with Crippen molar-refractivity contribution < 1.29 is 14.7 Å². The second-order valence-electron chi connectivity index (χ2n) is 7.00. The molecule has 8 heteroatoms. The van der Waals surface area contributed by atoms with Gasteiger partial charge in [0, 0.05) is 29.7 Å². The maximum absolute atomic E-state index is 12.4. The number of hydrogen-bond acceptors (Lipinski definition) is 5. The molecule has 1 amide bonds. The number of rotatable bonds is 6. The first-order valence-electron chi connectivity index (χ1n) is 8.58. The van der Waals surface area contributed by atoms with Crippen molar-refractivity contribution in [3.8, 4) is 5.69 Å². The number of carboxylic acids is 1. The molecule has 3 aromatic rings. The van der Waals surface area contributed by atoms with E-state index in [0.29, 0.717) is 12.1 Å². The minimum atomic E-state index is -0.906. The van der Waals surface area contributed by atoms with Crippen LogP contribution in [0.2, 0.25) is 0 Å². The number of nitrogens with zero attached hydrogens (tertiary/aromatic N) is 4. The summed E-state index contributed by atoms with van der Waals surface area (Å²) in [4.78, 5) is 27.7. The molecule has 0 atom stereocenters. The predicted molar refractivity (Wildman–Crippen MR) is 99.8 cm³/mol. The van der Waals surface area contributed by atoms with Crippen LogP contribution in [0, 0.1) is 12.3 Å². The number of aliphatic carboxylic acids is 1. The van der Waals surface area contributed by atoms with Gasteiger partial charge in [-0.25, -0.2) is 4.68 Å². The van der Waals surface area contributed by atoms with Crippen LogP contribution < -0.4 is 5.32 Å². The molecule has 140 valence electrons. The van der Waals surface area contributed by atoms with Crippen molar-refractivity contribution in [2.45, 2.75) is 27.2 Å². The lowest BCUT2D eigenvalue weighted by Gasteiger charge is -2.18. The van der Waals surface area contributed by atoms with Crippen molar-refractivity contribution in [2.24, 2.45) is 5.41 Å². The number of fused-ring (bicyclic) bond motifs is 1. The Kier molecular flexibility index (Phi) is 4.89. The lowest BCUT2D eigenvalue weighted by atomic mass is 9.90. The average molecular weight is 367 g/mol. The van der Waals surface area contributed by atoms with Crippen LogP contribution >= 0.6 is 0 Å². The summed E-state index contributed by atoms with van der Waals surface area (Å²) in [5, 5.41) is 21.9. The highest BCUT2D eigenvalue weighted by molar-refractivity contribution is 5.94. The van der Waals surface area contributed by atoms with Crippen molar-refractivity contribution in [3.63, 3.8) is 0 Å². The smallest absolute Gasteiger partial charge is 0.309 e. The summed E-state index contributed by atoms with van der Waals surface area (Å²) in [6.07, 6.45) is 3.79. The number of hydrogen-bond donors (Lipinski definition) is 2. The van der Waals surface area contributed by atoms with Crippen LogP contribution in [0.1, 0.15) is 36.5 Å². The Morgan fingerprint density at radius 2 is 2.04 bits per heavy atom. The molecule has 2 heterocycles. The van der Waals surface area contributed by atoms with Crippen LogP contribution in [-0.4, -0.2) is 43.5 Å². The number of nitrogens with one attached hydrogen (secondary N) is 1. The van der Waals surface area contributed by atoms with Crippen LogP contribution in [0.15, 0.2) is 36.7 Å². The zero-order chi connectivity index (χ0) is 19.6. The molecule has 0 fully saturated rings. The van der Waals surface area contributed by atoms with Crippen molar-refractivity contribution in [3.05, 3.63) is 48.0 Å². The Balaban J connectivity index is 1.81. The van der Waals surface area contributed by atoms with Gasteiger partial charge >= 0.3 is 5.97 Å². The van der Waals surface area contributed by atoms with E-state index < -0.39 is 11.4 Å². The Morgan fingerprint density at radius 1 is 1.26 bits per heavy atom. The van der Waals surface area contributed by atoms with Crippen LogP contribution in [0.25, 0.3) is 16.5 Å². The molecule has 0 unspecified atom stereocenters. The molecular weight excluding hydrogens is 346 g/mol. The van der Waals surface area contributed by atoms with Gasteiger partial charge in [0.25, 0.3) is 5.91 Å². The first-order chi connectivity index (χ1) is 12.8. The number of carboxylic acid groups (broad SMARTS) is 1. The summed E-state index contributed by atoms with van der Waals surface area (Å²) in [6, 6.07) is 7.64. The van der Waals surface area contributed by atoms with E-state index in [4.69, 9.17) is 5.11 Å². The predicted octanol–water partition coefficient (Wildman–Crippen LogP) is 2.35.